The van der Waals surface area contributed by atoms with E-state index in [1.807, 2.05) is 37.6 Å². The fourth-order valence-electron chi connectivity index (χ4n) is 1.93. The summed E-state index contributed by atoms with van der Waals surface area (Å²) in [4.78, 5) is 5.48. The van der Waals surface area contributed by atoms with Crippen LogP contribution in [0, 0.1) is 13.8 Å². The highest BCUT2D eigenvalue weighted by Crippen LogP contribution is 2.26. The number of aliphatic hydroxyl groups is 1. The maximum atomic E-state index is 9.73. The monoisotopic (exact) mass is 277 g/mol. The van der Waals surface area contributed by atoms with E-state index in [2.05, 4.69) is 4.98 Å². The second kappa shape index (κ2) is 6.17. The Labute approximate surface area is 117 Å². The minimum Gasteiger partial charge on any atom is -0.493 e. The molecule has 1 aromatic carbocycles. The van der Waals surface area contributed by atoms with Gasteiger partial charge in [-0.25, -0.2) is 4.98 Å². The summed E-state index contributed by atoms with van der Waals surface area (Å²) in [6.07, 6.45) is 0.338. The first-order valence-corrected chi connectivity index (χ1v) is 7.26. The van der Waals surface area contributed by atoms with E-state index in [-0.39, 0.29) is 0 Å². The molecule has 4 heteroatoms. The van der Waals surface area contributed by atoms with E-state index in [9.17, 15) is 5.11 Å². The van der Waals surface area contributed by atoms with Gasteiger partial charge in [0.1, 0.15) is 5.75 Å². The molecule has 0 radical (unpaired) electrons. The standard InChI is InChI=1S/C15H19NO2S/c1-10-4-5-13(12(3)17)14(8-10)18-7-6-15-11(2)16-9-19-15/h4-5,8-9,12,17H,6-7H2,1-3H3/t12-/m1/s1. The van der Waals surface area contributed by atoms with Gasteiger partial charge in [-0.1, -0.05) is 12.1 Å². The summed E-state index contributed by atoms with van der Waals surface area (Å²) in [5.41, 5.74) is 4.91. The Bertz CT molecular complexity index is 549. The molecule has 3 nitrogen and oxygen atoms in total. The molecule has 0 spiro atoms. The number of benzene rings is 1. The van der Waals surface area contributed by atoms with Gasteiger partial charge in [0.15, 0.2) is 0 Å². The smallest absolute Gasteiger partial charge is 0.125 e. The minimum absolute atomic E-state index is 0.513. The zero-order valence-corrected chi connectivity index (χ0v) is 12.3. The molecule has 0 amide bonds. The van der Waals surface area contributed by atoms with Crippen LogP contribution in [-0.2, 0) is 6.42 Å². The van der Waals surface area contributed by atoms with E-state index >= 15 is 0 Å². The van der Waals surface area contributed by atoms with Crippen molar-refractivity contribution in [2.75, 3.05) is 6.61 Å². The van der Waals surface area contributed by atoms with Gasteiger partial charge >= 0.3 is 0 Å². The molecule has 1 heterocycles. The number of aliphatic hydroxyl groups excluding tert-OH is 1. The molecule has 0 saturated heterocycles. The van der Waals surface area contributed by atoms with Gasteiger partial charge in [-0.3, -0.25) is 0 Å². The third-order valence-electron chi connectivity index (χ3n) is 3.05. The molecule has 19 heavy (non-hydrogen) atoms. The van der Waals surface area contributed by atoms with Crippen molar-refractivity contribution in [2.24, 2.45) is 0 Å². The maximum Gasteiger partial charge on any atom is 0.125 e. The lowest BCUT2D eigenvalue weighted by Crippen LogP contribution is -2.05. The van der Waals surface area contributed by atoms with Gasteiger partial charge in [-0.2, -0.15) is 0 Å². The molecule has 0 fully saturated rings. The van der Waals surface area contributed by atoms with Crippen LogP contribution in [0.3, 0.4) is 0 Å². The predicted octanol–water partition coefficient (Wildman–Crippen LogP) is 3.43. The molecule has 1 aromatic heterocycles. The van der Waals surface area contributed by atoms with Crippen LogP contribution < -0.4 is 4.74 Å². The normalized spacial score (nSPS) is 12.4. The van der Waals surface area contributed by atoms with E-state index in [0.29, 0.717) is 6.61 Å². The number of hydrogen-bond acceptors (Lipinski definition) is 4. The van der Waals surface area contributed by atoms with Gasteiger partial charge in [0, 0.05) is 16.9 Å². The first-order chi connectivity index (χ1) is 9.08. The Morgan fingerprint density at radius 1 is 1.37 bits per heavy atom. The van der Waals surface area contributed by atoms with Crippen molar-refractivity contribution >= 4 is 11.3 Å². The average molecular weight is 277 g/mol. The molecule has 0 bridgehead atoms. The molecule has 2 aromatic rings. The fraction of sp³-hybridized carbons (Fsp3) is 0.400. The topological polar surface area (TPSA) is 42.4 Å². The molecular weight excluding hydrogens is 258 g/mol. The summed E-state index contributed by atoms with van der Waals surface area (Å²) >= 11 is 1.66. The molecule has 2 rings (SSSR count). The number of ether oxygens (including phenoxy) is 1. The highest BCUT2D eigenvalue weighted by molar-refractivity contribution is 7.09. The number of aromatic nitrogens is 1. The summed E-state index contributed by atoms with van der Waals surface area (Å²) in [5.74, 6) is 0.775. The lowest BCUT2D eigenvalue weighted by molar-refractivity contribution is 0.191. The van der Waals surface area contributed by atoms with Gasteiger partial charge in [-0.15, -0.1) is 11.3 Å². The van der Waals surface area contributed by atoms with Crippen molar-refractivity contribution in [3.05, 3.63) is 45.4 Å². The number of aryl methyl sites for hydroxylation is 2. The average Bonchev–Trinajstić information content (AvgIpc) is 2.75. The Hall–Kier alpha value is -1.39. The van der Waals surface area contributed by atoms with Gasteiger partial charge in [0.05, 0.1) is 23.9 Å². The number of hydrogen-bond donors (Lipinski definition) is 1. The first kappa shape index (κ1) is 14.0. The van der Waals surface area contributed by atoms with Gasteiger partial charge in [-0.05, 0) is 32.4 Å². The summed E-state index contributed by atoms with van der Waals surface area (Å²) in [7, 11) is 0. The van der Waals surface area contributed by atoms with E-state index in [4.69, 9.17) is 4.74 Å². The molecule has 102 valence electrons. The lowest BCUT2D eigenvalue weighted by atomic mass is 10.1. The van der Waals surface area contributed by atoms with Crippen LogP contribution in [-0.4, -0.2) is 16.7 Å². The van der Waals surface area contributed by atoms with Crippen LogP contribution in [0.1, 0.15) is 34.7 Å². The van der Waals surface area contributed by atoms with Crippen LogP contribution in [0.5, 0.6) is 5.75 Å². The van der Waals surface area contributed by atoms with E-state index in [0.717, 1.165) is 29.0 Å². The zero-order chi connectivity index (χ0) is 13.8. The maximum absolute atomic E-state index is 9.73. The Balaban J connectivity index is 2.03. The van der Waals surface area contributed by atoms with Crippen LogP contribution in [0.25, 0.3) is 0 Å². The summed E-state index contributed by atoms with van der Waals surface area (Å²) in [5, 5.41) is 9.73. The van der Waals surface area contributed by atoms with Crippen molar-refractivity contribution in [3.8, 4) is 5.75 Å². The van der Waals surface area contributed by atoms with Crippen LogP contribution in [0.2, 0.25) is 0 Å². The summed E-state index contributed by atoms with van der Waals surface area (Å²) < 4.78 is 5.83. The van der Waals surface area contributed by atoms with Crippen molar-refractivity contribution in [3.63, 3.8) is 0 Å². The second-order valence-corrected chi connectivity index (χ2v) is 5.62. The van der Waals surface area contributed by atoms with Crippen LogP contribution in [0.4, 0.5) is 0 Å². The highest BCUT2D eigenvalue weighted by Gasteiger charge is 2.10. The quantitative estimate of drug-likeness (QED) is 0.910. The SMILES string of the molecule is Cc1ccc([C@@H](C)O)c(OCCc2scnc2C)c1. The van der Waals surface area contributed by atoms with Gasteiger partial charge < -0.3 is 9.84 Å². The van der Waals surface area contributed by atoms with Crippen LogP contribution >= 0.6 is 11.3 Å². The number of nitrogens with zero attached hydrogens (tertiary/aromatic N) is 1. The zero-order valence-electron chi connectivity index (χ0n) is 11.5. The van der Waals surface area contributed by atoms with E-state index < -0.39 is 6.10 Å². The molecular formula is C15H19NO2S. The number of thiazole rings is 1. The fourth-order valence-corrected chi connectivity index (χ4v) is 2.69. The van der Waals surface area contributed by atoms with Crippen molar-refractivity contribution in [1.82, 2.24) is 4.98 Å². The molecule has 0 aliphatic heterocycles. The Morgan fingerprint density at radius 3 is 2.79 bits per heavy atom. The lowest BCUT2D eigenvalue weighted by Gasteiger charge is -2.14. The van der Waals surface area contributed by atoms with Crippen molar-refractivity contribution in [2.45, 2.75) is 33.3 Å². The molecule has 1 N–H and O–H groups in total. The summed E-state index contributed by atoms with van der Waals surface area (Å²) in [6.45, 7) is 6.39. The molecule has 1 atom stereocenters. The Kier molecular flexibility index (Phi) is 4.56. The van der Waals surface area contributed by atoms with E-state index in [1.165, 1.54) is 4.88 Å². The largest absolute Gasteiger partial charge is 0.493 e. The molecule has 0 aliphatic rings. The van der Waals surface area contributed by atoms with E-state index in [1.54, 1.807) is 18.3 Å². The van der Waals surface area contributed by atoms with Crippen LogP contribution in [0.15, 0.2) is 23.7 Å². The van der Waals surface area contributed by atoms with Gasteiger partial charge in [0.2, 0.25) is 0 Å². The minimum atomic E-state index is -0.513. The Morgan fingerprint density at radius 2 is 2.16 bits per heavy atom. The molecule has 0 aliphatic carbocycles. The third kappa shape index (κ3) is 3.55. The first-order valence-electron chi connectivity index (χ1n) is 6.38. The predicted molar refractivity (Wildman–Crippen MR) is 77.9 cm³/mol. The third-order valence-corrected chi connectivity index (χ3v) is 4.05. The molecule has 0 unspecified atom stereocenters. The van der Waals surface area contributed by atoms with Crippen molar-refractivity contribution < 1.29 is 9.84 Å². The second-order valence-electron chi connectivity index (χ2n) is 4.68. The number of rotatable bonds is 5. The van der Waals surface area contributed by atoms with Crippen molar-refractivity contribution in [1.29, 1.82) is 0 Å². The molecule has 0 saturated carbocycles. The summed E-state index contributed by atoms with van der Waals surface area (Å²) in [6, 6.07) is 5.89. The van der Waals surface area contributed by atoms with Gasteiger partial charge in [0.25, 0.3) is 0 Å². The highest BCUT2D eigenvalue weighted by atomic mass is 32.1.